The number of halogens is 1. The number of ether oxygens (including phenoxy) is 2. The average molecular weight is 251 g/mol. The lowest BCUT2D eigenvalue weighted by molar-refractivity contribution is -0.169. The van der Waals surface area contributed by atoms with E-state index in [9.17, 15) is 0 Å². The van der Waals surface area contributed by atoms with Gasteiger partial charge in [0.05, 0.1) is 0 Å². The quantitative estimate of drug-likeness (QED) is 0.697. The van der Waals surface area contributed by atoms with Crippen LogP contribution in [-0.4, -0.2) is 17.9 Å². The largest absolute Gasteiger partial charge is 0.353 e. The molecule has 0 spiro atoms. The Morgan fingerprint density at radius 2 is 2.38 bits per heavy atom. The second kappa shape index (κ2) is 6.80. The molecule has 2 atom stereocenters. The molecule has 1 heterocycles. The molecule has 2 nitrogen and oxygen atoms in total. The second-order valence-corrected chi connectivity index (χ2v) is 4.51. The molecule has 0 aromatic rings. The van der Waals surface area contributed by atoms with Crippen molar-refractivity contribution >= 4 is 15.9 Å². The van der Waals surface area contributed by atoms with Gasteiger partial charge in [-0.1, -0.05) is 35.7 Å². The summed E-state index contributed by atoms with van der Waals surface area (Å²) in [6, 6.07) is 0. The molecule has 0 saturated carbocycles. The predicted octanol–water partition coefficient (Wildman–Crippen LogP) is 3.44. The molecule has 1 aliphatic rings. The van der Waals surface area contributed by atoms with Gasteiger partial charge in [0.15, 0.2) is 6.29 Å². The molecular formula is C10H19BrO2. The van der Waals surface area contributed by atoms with Crippen LogP contribution >= 0.6 is 15.9 Å². The summed E-state index contributed by atoms with van der Waals surface area (Å²) in [7, 11) is 0. The van der Waals surface area contributed by atoms with Crippen LogP contribution in [0.5, 0.6) is 0 Å². The van der Waals surface area contributed by atoms with E-state index in [1.165, 1.54) is 25.7 Å². The van der Waals surface area contributed by atoms with Gasteiger partial charge in [-0.25, -0.2) is 0 Å². The Hall–Kier alpha value is 0.400. The van der Waals surface area contributed by atoms with Gasteiger partial charge in [-0.3, -0.25) is 0 Å². The first-order valence-electron chi connectivity index (χ1n) is 5.24. The average Bonchev–Trinajstić information content (AvgIpc) is 2.16. The topological polar surface area (TPSA) is 18.5 Å². The fraction of sp³-hybridized carbons (Fsp3) is 1.00. The molecule has 0 bridgehead atoms. The Kier molecular flexibility index (Phi) is 6.00. The molecule has 13 heavy (non-hydrogen) atoms. The van der Waals surface area contributed by atoms with E-state index in [4.69, 9.17) is 9.47 Å². The first-order chi connectivity index (χ1) is 6.33. The van der Waals surface area contributed by atoms with Crippen molar-refractivity contribution in [2.75, 3.05) is 6.61 Å². The summed E-state index contributed by atoms with van der Waals surface area (Å²) in [5, 5.41) is 0.176. The zero-order valence-corrected chi connectivity index (χ0v) is 9.88. The molecule has 2 unspecified atom stereocenters. The van der Waals surface area contributed by atoms with Gasteiger partial charge in [-0.2, -0.15) is 0 Å². The molecule has 0 aromatic heterocycles. The lowest BCUT2D eigenvalue weighted by Crippen LogP contribution is -2.25. The van der Waals surface area contributed by atoms with Crippen LogP contribution in [0.25, 0.3) is 0 Å². The smallest absolute Gasteiger partial charge is 0.159 e. The summed E-state index contributed by atoms with van der Waals surface area (Å²) in [6.07, 6.45) is 7.01. The lowest BCUT2D eigenvalue weighted by atomic mass is 10.2. The van der Waals surface area contributed by atoms with E-state index in [-0.39, 0.29) is 11.3 Å². The van der Waals surface area contributed by atoms with Crippen LogP contribution in [0.4, 0.5) is 0 Å². The summed E-state index contributed by atoms with van der Waals surface area (Å²) in [4.78, 5) is 0. The van der Waals surface area contributed by atoms with Gasteiger partial charge >= 0.3 is 0 Å². The summed E-state index contributed by atoms with van der Waals surface area (Å²) < 4.78 is 11.2. The Labute approximate surface area is 89.1 Å². The Balaban J connectivity index is 2.07. The van der Waals surface area contributed by atoms with E-state index in [1.807, 2.05) is 0 Å². The molecule has 0 aromatic carbocycles. The second-order valence-electron chi connectivity index (χ2n) is 3.48. The minimum absolute atomic E-state index is 0.0370. The highest BCUT2D eigenvalue weighted by Gasteiger charge is 2.17. The first-order valence-corrected chi connectivity index (χ1v) is 6.15. The number of unbranched alkanes of at least 4 members (excludes halogenated alkanes) is 1. The Morgan fingerprint density at radius 3 is 3.00 bits per heavy atom. The fourth-order valence-electron chi connectivity index (χ4n) is 1.42. The fourth-order valence-corrected chi connectivity index (χ4v) is 1.98. The molecule has 0 aliphatic carbocycles. The Bertz CT molecular complexity index is 124. The van der Waals surface area contributed by atoms with Crippen molar-refractivity contribution in [1.29, 1.82) is 0 Å². The van der Waals surface area contributed by atoms with Crippen molar-refractivity contribution in [1.82, 2.24) is 0 Å². The maximum absolute atomic E-state index is 5.69. The number of alkyl halides is 1. The third-order valence-corrected chi connectivity index (χ3v) is 2.90. The van der Waals surface area contributed by atoms with Gasteiger partial charge in [0, 0.05) is 6.61 Å². The molecule has 1 rings (SSSR count). The van der Waals surface area contributed by atoms with E-state index >= 15 is 0 Å². The molecule has 1 saturated heterocycles. The van der Waals surface area contributed by atoms with Gasteiger partial charge in [0.1, 0.15) is 5.01 Å². The highest BCUT2D eigenvalue weighted by atomic mass is 79.9. The standard InChI is InChI=1S/C10H19BrO2/c1-2-3-6-9(11)13-10-7-4-5-8-12-10/h9-10H,2-8H2,1H3. The maximum atomic E-state index is 5.69. The molecule has 3 heteroatoms. The zero-order valence-electron chi connectivity index (χ0n) is 8.30. The van der Waals surface area contributed by atoms with Crippen molar-refractivity contribution in [3.8, 4) is 0 Å². The number of hydrogen-bond donors (Lipinski definition) is 0. The van der Waals surface area contributed by atoms with Crippen molar-refractivity contribution in [3.05, 3.63) is 0 Å². The predicted molar refractivity (Wildman–Crippen MR) is 56.9 cm³/mol. The molecule has 1 aliphatic heterocycles. The third-order valence-electron chi connectivity index (χ3n) is 2.22. The van der Waals surface area contributed by atoms with E-state index in [1.54, 1.807) is 0 Å². The summed E-state index contributed by atoms with van der Waals surface area (Å²) in [5.74, 6) is 0. The van der Waals surface area contributed by atoms with Crippen molar-refractivity contribution in [2.24, 2.45) is 0 Å². The zero-order chi connectivity index (χ0) is 9.52. The van der Waals surface area contributed by atoms with Crippen LogP contribution < -0.4 is 0 Å². The number of hydrogen-bond acceptors (Lipinski definition) is 2. The van der Waals surface area contributed by atoms with Gasteiger partial charge in [-0.05, 0) is 25.7 Å². The monoisotopic (exact) mass is 250 g/mol. The summed E-state index contributed by atoms with van der Waals surface area (Å²) >= 11 is 3.51. The third kappa shape index (κ3) is 4.99. The van der Waals surface area contributed by atoms with E-state index in [0.29, 0.717) is 0 Å². The SMILES string of the molecule is CCCCC(Br)OC1CCCCO1. The van der Waals surface area contributed by atoms with Gasteiger partial charge in [-0.15, -0.1) is 0 Å². The van der Waals surface area contributed by atoms with Gasteiger partial charge in [0.2, 0.25) is 0 Å². The summed E-state index contributed by atoms with van der Waals surface area (Å²) in [6.45, 7) is 3.05. The first kappa shape index (κ1) is 11.5. The van der Waals surface area contributed by atoms with Crippen molar-refractivity contribution in [2.45, 2.75) is 56.8 Å². The van der Waals surface area contributed by atoms with Crippen LogP contribution in [0, 0.1) is 0 Å². The highest BCUT2D eigenvalue weighted by Crippen LogP contribution is 2.20. The van der Waals surface area contributed by atoms with Crippen LogP contribution in [0.2, 0.25) is 0 Å². The van der Waals surface area contributed by atoms with Crippen LogP contribution in [0.1, 0.15) is 45.4 Å². The van der Waals surface area contributed by atoms with E-state index in [0.717, 1.165) is 19.4 Å². The molecule has 0 radical (unpaired) electrons. The molecule has 1 fully saturated rings. The molecule has 0 N–H and O–H groups in total. The normalized spacial score (nSPS) is 25.8. The highest BCUT2D eigenvalue weighted by molar-refractivity contribution is 9.09. The maximum Gasteiger partial charge on any atom is 0.159 e. The molecule has 0 amide bonds. The summed E-state index contributed by atoms with van der Waals surface area (Å²) in [5.41, 5.74) is 0. The van der Waals surface area contributed by atoms with Crippen LogP contribution in [0.15, 0.2) is 0 Å². The van der Waals surface area contributed by atoms with Crippen molar-refractivity contribution in [3.63, 3.8) is 0 Å². The van der Waals surface area contributed by atoms with Crippen LogP contribution in [-0.2, 0) is 9.47 Å². The van der Waals surface area contributed by atoms with Crippen LogP contribution in [0.3, 0.4) is 0 Å². The minimum atomic E-state index is 0.0370. The molecular weight excluding hydrogens is 232 g/mol. The van der Waals surface area contributed by atoms with Crippen molar-refractivity contribution < 1.29 is 9.47 Å². The Morgan fingerprint density at radius 1 is 1.54 bits per heavy atom. The van der Waals surface area contributed by atoms with Gasteiger partial charge in [0.25, 0.3) is 0 Å². The molecule has 78 valence electrons. The van der Waals surface area contributed by atoms with E-state index in [2.05, 4.69) is 22.9 Å². The minimum Gasteiger partial charge on any atom is -0.353 e. The number of rotatable bonds is 5. The van der Waals surface area contributed by atoms with E-state index < -0.39 is 0 Å². The lowest BCUT2D eigenvalue weighted by Gasteiger charge is -2.25. The van der Waals surface area contributed by atoms with Gasteiger partial charge < -0.3 is 9.47 Å².